The molecule has 0 spiro atoms. The summed E-state index contributed by atoms with van der Waals surface area (Å²) < 4.78 is 3.68. The Morgan fingerprint density at radius 3 is 2.80 bits per heavy atom. The zero-order valence-corrected chi connectivity index (χ0v) is 15.6. The molecule has 0 aliphatic heterocycles. The van der Waals surface area contributed by atoms with Crippen LogP contribution >= 0.6 is 11.8 Å². The average Bonchev–Trinajstić information content (AvgIpc) is 3.14. The van der Waals surface area contributed by atoms with Crippen molar-refractivity contribution in [3.8, 4) is 5.69 Å². The van der Waals surface area contributed by atoms with E-state index in [-0.39, 0.29) is 11.7 Å². The summed E-state index contributed by atoms with van der Waals surface area (Å²) in [6.07, 6.45) is 3.68. The molecule has 3 aromatic rings. The van der Waals surface area contributed by atoms with Crippen LogP contribution in [0.15, 0.2) is 41.8 Å². The lowest BCUT2D eigenvalue weighted by Gasteiger charge is -2.12. The van der Waals surface area contributed by atoms with Gasteiger partial charge in [0.2, 0.25) is 5.91 Å². The van der Waals surface area contributed by atoms with Gasteiger partial charge in [-0.05, 0) is 38.0 Å². The topological polar surface area (TPSA) is 64.7 Å². The van der Waals surface area contributed by atoms with Crippen LogP contribution in [0.2, 0.25) is 0 Å². The van der Waals surface area contributed by atoms with Gasteiger partial charge in [-0.1, -0.05) is 23.9 Å². The number of carbonyl (C=O) groups excluding carboxylic acids is 1. The summed E-state index contributed by atoms with van der Waals surface area (Å²) in [6.45, 7) is 6.08. The number of aryl methyl sites for hydroxylation is 3. The normalized spacial score (nSPS) is 10.9. The molecule has 2 aromatic heterocycles. The minimum atomic E-state index is -0.0801. The standard InChI is InChI=1S/C18H21N5OS/c1-12-6-5-7-15(14(12)3)23-9-8-19-18(23)25-11-17(24)20-16-10-13(2)21-22(16)4/h5-10H,11H2,1-4H3,(H,20,24). The Labute approximate surface area is 151 Å². The minimum Gasteiger partial charge on any atom is -0.310 e. The van der Waals surface area contributed by atoms with E-state index in [4.69, 9.17) is 0 Å². The molecule has 0 saturated heterocycles. The smallest absolute Gasteiger partial charge is 0.235 e. The SMILES string of the molecule is Cc1cc(NC(=O)CSc2nccn2-c2cccc(C)c2C)n(C)n1. The van der Waals surface area contributed by atoms with E-state index in [9.17, 15) is 4.79 Å². The van der Waals surface area contributed by atoms with Crippen molar-refractivity contribution in [2.45, 2.75) is 25.9 Å². The second kappa shape index (κ2) is 7.14. The molecule has 0 unspecified atom stereocenters. The maximum Gasteiger partial charge on any atom is 0.235 e. The van der Waals surface area contributed by atoms with Crippen LogP contribution in [-0.4, -0.2) is 31.0 Å². The molecule has 1 amide bonds. The van der Waals surface area contributed by atoms with Gasteiger partial charge in [-0.2, -0.15) is 5.10 Å². The third-order valence-corrected chi connectivity index (χ3v) is 5.01. The lowest BCUT2D eigenvalue weighted by atomic mass is 10.1. The summed E-state index contributed by atoms with van der Waals surface area (Å²) in [6, 6.07) is 8.03. The van der Waals surface area contributed by atoms with Crippen LogP contribution < -0.4 is 5.32 Å². The van der Waals surface area contributed by atoms with Crippen molar-refractivity contribution in [3.63, 3.8) is 0 Å². The Morgan fingerprint density at radius 2 is 2.08 bits per heavy atom. The molecule has 0 aliphatic rings. The van der Waals surface area contributed by atoms with Gasteiger partial charge < -0.3 is 5.32 Å². The van der Waals surface area contributed by atoms with Gasteiger partial charge in [-0.25, -0.2) is 4.98 Å². The summed E-state index contributed by atoms with van der Waals surface area (Å²) in [4.78, 5) is 16.6. The summed E-state index contributed by atoms with van der Waals surface area (Å²) in [5, 5.41) is 7.90. The number of thioether (sulfide) groups is 1. The molecule has 0 bridgehead atoms. The number of nitrogens with one attached hydrogen (secondary N) is 1. The summed E-state index contributed by atoms with van der Waals surface area (Å²) in [5.74, 6) is 0.899. The van der Waals surface area contributed by atoms with Crippen molar-refractivity contribution in [2.24, 2.45) is 7.05 Å². The summed E-state index contributed by atoms with van der Waals surface area (Å²) in [7, 11) is 1.81. The van der Waals surface area contributed by atoms with Crippen molar-refractivity contribution < 1.29 is 4.79 Å². The Balaban J connectivity index is 1.70. The highest BCUT2D eigenvalue weighted by molar-refractivity contribution is 7.99. The van der Waals surface area contributed by atoms with Crippen molar-refractivity contribution in [1.82, 2.24) is 19.3 Å². The Kier molecular flexibility index (Phi) is 4.94. The number of benzene rings is 1. The molecule has 7 heteroatoms. The quantitative estimate of drug-likeness (QED) is 0.714. The van der Waals surface area contributed by atoms with Gasteiger partial charge in [-0.15, -0.1) is 0 Å². The van der Waals surface area contributed by atoms with Gasteiger partial charge in [0.25, 0.3) is 0 Å². The first kappa shape index (κ1) is 17.3. The lowest BCUT2D eigenvalue weighted by Crippen LogP contribution is -2.16. The lowest BCUT2D eigenvalue weighted by molar-refractivity contribution is -0.113. The van der Waals surface area contributed by atoms with E-state index in [1.54, 1.807) is 10.9 Å². The number of nitrogens with zero attached hydrogens (tertiary/aromatic N) is 4. The molecule has 0 saturated carbocycles. The predicted molar refractivity (Wildman–Crippen MR) is 100 cm³/mol. The Hall–Kier alpha value is -2.54. The molecule has 0 fully saturated rings. The van der Waals surface area contributed by atoms with Crippen molar-refractivity contribution in [3.05, 3.63) is 53.5 Å². The molecule has 2 heterocycles. The van der Waals surface area contributed by atoms with Gasteiger partial charge in [0, 0.05) is 25.5 Å². The summed E-state index contributed by atoms with van der Waals surface area (Å²) in [5.41, 5.74) is 4.39. The van der Waals surface area contributed by atoms with Crippen LogP contribution in [0, 0.1) is 20.8 Å². The van der Waals surface area contributed by atoms with E-state index < -0.39 is 0 Å². The van der Waals surface area contributed by atoms with E-state index in [0.717, 1.165) is 16.5 Å². The fourth-order valence-corrected chi connectivity index (χ4v) is 3.38. The molecule has 1 aromatic carbocycles. The Morgan fingerprint density at radius 1 is 1.28 bits per heavy atom. The predicted octanol–water partition coefficient (Wildman–Crippen LogP) is 3.26. The highest BCUT2D eigenvalue weighted by atomic mass is 32.2. The highest BCUT2D eigenvalue weighted by Gasteiger charge is 2.12. The number of aromatic nitrogens is 4. The largest absolute Gasteiger partial charge is 0.310 e. The molecule has 6 nitrogen and oxygen atoms in total. The van der Waals surface area contributed by atoms with Crippen LogP contribution in [0.4, 0.5) is 5.82 Å². The highest BCUT2D eigenvalue weighted by Crippen LogP contribution is 2.24. The second-order valence-corrected chi connectivity index (χ2v) is 6.87. The fraction of sp³-hybridized carbons (Fsp3) is 0.278. The zero-order valence-electron chi connectivity index (χ0n) is 14.8. The zero-order chi connectivity index (χ0) is 18.0. The molecule has 0 radical (unpaired) electrons. The van der Waals surface area contributed by atoms with Crippen molar-refractivity contribution in [1.29, 1.82) is 0 Å². The van der Waals surface area contributed by atoms with E-state index in [2.05, 4.69) is 41.4 Å². The first-order valence-electron chi connectivity index (χ1n) is 7.99. The van der Waals surface area contributed by atoms with E-state index in [1.807, 2.05) is 36.9 Å². The third-order valence-electron chi connectivity index (χ3n) is 4.04. The molecule has 1 N–H and O–H groups in total. The Bertz CT molecular complexity index is 912. The minimum absolute atomic E-state index is 0.0801. The van der Waals surface area contributed by atoms with Gasteiger partial charge in [0.1, 0.15) is 5.82 Å². The number of amides is 1. The molecule has 0 aliphatic carbocycles. The van der Waals surface area contributed by atoms with Crippen LogP contribution in [0.25, 0.3) is 5.69 Å². The number of anilines is 1. The maximum atomic E-state index is 12.2. The number of hydrogen-bond acceptors (Lipinski definition) is 4. The second-order valence-electron chi connectivity index (χ2n) is 5.93. The molecule has 3 rings (SSSR count). The first-order chi connectivity index (χ1) is 12.0. The summed E-state index contributed by atoms with van der Waals surface area (Å²) >= 11 is 1.41. The van der Waals surface area contributed by atoms with Crippen LogP contribution in [-0.2, 0) is 11.8 Å². The van der Waals surface area contributed by atoms with Gasteiger partial charge in [-0.3, -0.25) is 14.0 Å². The average molecular weight is 355 g/mol. The van der Waals surface area contributed by atoms with E-state index in [1.165, 1.54) is 22.9 Å². The molecule has 0 atom stereocenters. The number of hydrogen-bond donors (Lipinski definition) is 1. The van der Waals surface area contributed by atoms with Gasteiger partial charge >= 0.3 is 0 Å². The number of carbonyl (C=O) groups is 1. The van der Waals surface area contributed by atoms with Crippen molar-refractivity contribution >= 4 is 23.5 Å². The van der Waals surface area contributed by atoms with Crippen LogP contribution in [0.3, 0.4) is 0 Å². The monoisotopic (exact) mass is 355 g/mol. The molecular weight excluding hydrogens is 334 g/mol. The van der Waals surface area contributed by atoms with Gasteiger partial charge in [0.05, 0.1) is 17.1 Å². The van der Waals surface area contributed by atoms with E-state index in [0.29, 0.717) is 5.82 Å². The van der Waals surface area contributed by atoms with Gasteiger partial charge in [0.15, 0.2) is 5.16 Å². The third kappa shape index (κ3) is 3.76. The molecule has 130 valence electrons. The van der Waals surface area contributed by atoms with Crippen LogP contribution in [0.5, 0.6) is 0 Å². The molecular formula is C18H21N5OS. The van der Waals surface area contributed by atoms with E-state index >= 15 is 0 Å². The first-order valence-corrected chi connectivity index (χ1v) is 8.97. The fourth-order valence-electron chi connectivity index (χ4n) is 2.61. The molecule has 25 heavy (non-hydrogen) atoms. The number of imidazole rings is 1. The van der Waals surface area contributed by atoms with Crippen LogP contribution in [0.1, 0.15) is 16.8 Å². The maximum absolute atomic E-state index is 12.2. The van der Waals surface area contributed by atoms with Crippen molar-refractivity contribution in [2.75, 3.05) is 11.1 Å². The number of rotatable bonds is 5.